The molecule has 1 saturated heterocycles. The van der Waals surface area contributed by atoms with Gasteiger partial charge in [0, 0.05) is 44.5 Å². The largest absolute Gasteiger partial charge is 0.483 e. The van der Waals surface area contributed by atoms with Crippen LogP contribution < -0.4 is 14.9 Å². The number of fused-ring (bicyclic) bond motifs is 1. The van der Waals surface area contributed by atoms with Crippen LogP contribution in [-0.4, -0.2) is 84.5 Å². The van der Waals surface area contributed by atoms with Crippen molar-refractivity contribution in [2.45, 2.75) is 42.7 Å². The van der Waals surface area contributed by atoms with Crippen molar-refractivity contribution in [2.24, 2.45) is 0 Å². The summed E-state index contributed by atoms with van der Waals surface area (Å²) in [5, 5.41) is 17.5. The van der Waals surface area contributed by atoms with Gasteiger partial charge in [-0.15, -0.1) is 10.2 Å². The molecule has 0 aromatic carbocycles. The topological polar surface area (TPSA) is 151 Å². The molecule has 0 spiro atoms. The molecule has 0 amide bonds. The molecule has 3 aromatic rings. The first-order chi connectivity index (χ1) is 17.6. The van der Waals surface area contributed by atoms with E-state index in [4.69, 9.17) is 14.6 Å². The van der Waals surface area contributed by atoms with E-state index < -0.39 is 27.0 Å². The number of piperazine rings is 1. The Labute approximate surface area is 215 Å². The van der Waals surface area contributed by atoms with Gasteiger partial charge in [0.2, 0.25) is 10.0 Å². The molecule has 0 bridgehead atoms. The summed E-state index contributed by atoms with van der Waals surface area (Å²) < 4.78 is 62.4. The summed E-state index contributed by atoms with van der Waals surface area (Å²) in [6, 6.07) is 1.72. The molecular weight excluding hydrogens is 532 g/mol. The number of rotatable bonds is 8. The van der Waals surface area contributed by atoms with Gasteiger partial charge in [-0.1, -0.05) is 11.3 Å². The maximum Gasteiger partial charge on any atom is 0.291 e. The van der Waals surface area contributed by atoms with Gasteiger partial charge in [0.15, 0.2) is 15.8 Å². The molecule has 1 atom stereocenters. The molecule has 1 aliphatic carbocycles. The van der Waals surface area contributed by atoms with Crippen LogP contribution >= 0.6 is 11.3 Å². The molecule has 1 saturated carbocycles. The second kappa shape index (κ2) is 10.9. The summed E-state index contributed by atoms with van der Waals surface area (Å²) in [7, 11) is -2.20. The molecule has 1 aliphatic heterocycles. The SMILES string of the molecule is COCC1CN(c2cc(S(=O)(=O)NC3(C)CC3)cn3c(-c4nnc(C(F)F)s4)ncc23)CCN1.O=CO. The van der Waals surface area contributed by atoms with Crippen LogP contribution in [0.3, 0.4) is 0 Å². The van der Waals surface area contributed by atoms with Gasteiger partial charge < -0.3 is 20.1 Å². The van der Waals surface area contributed by atoms with E-state index in [0.717, 1.165) is 24.2 Å². The van der Waals surface area contributed by atoms with Crippen LogP contribution in [0, 0.1) is 0 Å². The standard InChI is InChI=1S/C20H25F2N7O3S2.CH2O2/c1-20(3-4-20)27-34(30,31)13-7-14(28-6-5-23-12(9-28)11-32-2)15-8-24-17(29(15)10-13)19-26-25-18(33-19)16(21)22;2-1-3/h7-8,10,12,16,23,27H,3-6,9,11H2,1-2H3;1H,(H,2,3). The molecule has 4 heterocycles. The van der Waals surface area contributed by atoms with Gasteiger partial charge in [0.1, 0.15) is 4.90 Å². The number of alkyl halides is 2. The fourth-order valence-electron chi connectivity index (χ4n) is 4.06. The van der Waals surface area contributed by atoms with Gasteiger partial charge in [0.25, 0.3) is 12.9 Å². The summed E-state index contributed by atoms with van der Waals surface area (Å²) in [6.45, 7) is 4.08. The monoisotopic (exact) mass is 559 g/mol. The third-order valence-corrected chi connectivity index (χ3v) is 8.60. The fraction of sp³-hybridized carbons (Fsp3) is 0.524. The van der Waals surface area contributed by atoms with Crippen molar-refractivity contribution in [3.63, 3.8) is 0 Å². The summed E-state index contributed by atoms with van der Waals surface area (Å²) >= 11 is 0.735. The van der Waals surface area contributed by atoms with Crippen molar-refractivity contribution >= 4 is 39.0 Å². The van der Waals surface area contributed by atoms with Gasteiger partial charge in [-0.25, -0.2) is 26.9 Å². The Morgan fingerprint density at radius 2 is 2.14 bits per heavy atom. The number of carboxylic acid groups (broad SMARTS) is 1. The number of nitrogens with zero attached hydrogens (tertiary/aromatic N) is 5. The molecule has 0 radical (unpaired) electrons. The highest BCUT2D eigenvalue weighted by Gasteiger charge is 2.41. The number of sulfonamides is 1. The zero-order chi connectivity index (χ0) is 26.8. The fourth-order valence-corrected chi connectivity index (χ4v) is 6.23. The number of ether oxygens (including phenoxy) is 1. The van der Waals surface area contributed by atoms with Crippen molar-refractivity contribution in [2.75, 3.05) is 38.3 Å². The third-order valence-electron chi connectivity index (χ3n) is 6.07. The Balaban J connectivity index is 0.00000102. The quantitative estimate of drug-likeness (QED) is 0.348. The number of hydrogen-bond acceptors (Lipinski definition) is 10. The van der Waals surface area contributed by atoms with Crippen molar-refractivity contribution in [1.29, 1.82) is 0 Å². The lowest BCUT2D eigenvalue weighted by molar-refractivity contribution is -0.122. The molecule has 37 heavy (non-hydrogen) atoms. The number of halogens is 2. The van der Waals surface area contributed by atoms with Gasteiger partial charge in [-0.05, 0) is 25.8 Å². The van der Waals surface area contributed by atoms with Crippen LogP contribution in [-0.2, 0) is 19.6 Å². The van der Waals surface area contributed by atoms with E-state index in [1.807, 2.05) is 6.92 Å². The molecular formula is C21H27F2N7O5S2. The number of hydrogen-bond donors (Lipinski definition) is 3. The minimum absolute atomic E-state index is 0.0710. The van der Waals surface area contributed by atoms with Crippen LogP contribution in [0.2, 0.25) is 0 Å². The van der Waals surface area contributed by atoms with Gasteiger partial charge in [-0.3, -0.25) is 9.20 Å². The van der Waals surface area contributed by atoms with E-state index in [9.17, 15) is 17.2 Å². The molecule has 3 N–H and O–H groups in total. The van der Waals surface area contributed by atoms with Crippen LogP contribution in [0.1, 0.15) is 31.2 Å². The number of imidazole rings is 1. The van der Waals surface area contributed by atoms with Crippen molar-refractivity contribution < 1.29 is 31.8 Å². The lowest BCUT2D eigenvalue weighted by Crippen LogP contribution is -2.52. The number of nitrogens with one attached hydrogen (secondary N) is 2. The third kappa shape index (κ3) is 6.04. The number of pyridine rings is 1. The minimum atomic E-state index is -3.84. The van der Waals surface area contributed by atoms with Crippen molar-refractivity contribution in [1.82, 2.24) is 29.6 Å². The summed E-state index contributed by atoms with van der Waals surface area (Å²) in [4.78, 5) is 14.9. The van der Waals surface area contributed by atoms with Crippen molar-refractivity contribution in [3.05, 3.63) is 23.5 Å². The van der Waals surface area contributed by atoms with Crippen LogP contribution in [0.15, 0.2) is 23.4 Å². The van der Waals surface area contributed by atoms with Crippen molar-refractivity contribution in [3.8, 4) is 10.8 Å². The number of carbonyl (C=O) groups is 1. The van der Waals surface area contributed by atoms with Crippen LogP contribution in [0.25, 0.3) is 16.3 Å². The Hall–Kier alpha value is -2.79. The van der Waals surface area contributed by atoms with Gasteiger partial charge in [0.05, 0.1) is 24.0 Å². The first-order valence-corrected chi connectivity index (χ1v) is 13.6. The van der Waals surface area contributed by atoms with E-state index in [1.54, 1.807) is 23.8 Å². The van der Waals surface area contributed by atoms with E-state index in [-0.39, 0.29) is 28.2 Å². The molecule has 3 aromatic heterocycles. The van der Waals surface area contributed by atoms with Crippen LogP contribution in [0.4, 0.5) is 14.5 Å². The van der Waals surface area contributed by atoms with E-state index in [2.05, 4.69) is 30.1 Å². The maximum absolute atomic E-state index is 13.3. The van der Waals surface area contributed by atoms with Gasteiger partial charge in [-0.2, -0.15) is 0 Å². The van der Waals surface area contributed by atoms with E-state index in [1.165, 1.54) is 6.20 Å². The predicted octanol–water partition coefficient (Wildman–Crippen LogP) is 1.75. The number of anilines is 1. The zero-order valence-electron chi connectivity index (χ0n) is 20.1. The first-order valence-electron chi connectivity index (χ1n) is 11.3. The molecule has 202 valence electrons. The Kier molecular flexibility index (Phi) is 8.03. The average molecular weight is 560 g/mol. The highest BCUT2D eigenvalue weighted by molar-refractivity contribution is 7.89. The van der Waals surface area contributed by atoms with E-state index >= 15 is 0 Å². The molecule has 12 nitrogen and oxygen atoms in total. The zero-order valence-corrected chi connectivity index (χ0v) is 21.7. The average Bonchev–Trinajstić information content (AvgIpc) is 3.24. The predicted molar refractivity (Wildman–Crippen MR) is 132 cm³/mol. The van der Waals surface area contributed by atoms with Crippen LogP contribution in [0.5, 0.6) is 0 Å². The Morgan fingerprint density at radius 3 is 2.76 bits per heavy atom. The maximum atomic E-state index is 13.3. The molecule has 1 unspecified atom stereocenters. The smallest absolute Gasteiger partial charge is 0.291 e. The molecule has 2 fully saturated rings. The van der Waals surface area contributed by atoms with E-state index in [0.29, 0.717) is 37.4 Å². The van der Waals surface area contributed by atoms with Gasteiger partial charge >= 0.3 is 0 Å². The summed E-state index contributed by atoms with van der Waals surface area (Å²) in [6.07, 6.45) is 1.87. The summed E-state index contributed by atoms with van der Waals surface area (Å²) in [5.41, 5.74) is 0.887. The molecule has 5 rings (SSSR count). The highest BCUT2D eigenvalue weighted by atomic mass is 32.2. The Bertz CT molecular complexity index is 1360. The lowest BCUT2D eigenvalue weighted by atomic mass is 10.2. The minimum Gasteiger partial charge on any atom is -0.483 e. The summed E-state index contributed by atoms with van der Waals surface area (Å²) in [5.74, 6) is 0.263. The lowest BCUT2D eigenvalue weighted by Gasteiger charge is -2.35. The normalized spacial score (nSPS) is 19.1. The second-order valence-electron chi connectivity index (χ2n) is 8.97. The molecule has 16 heteroatoms. The number of aromatic nitrogens is 4. The Morgan fingerprint density at radius 1 is 1.41 bits per heavy atom. The number of methoxy groups -OCH3 is 1. The molecule has 2 aliphatic rings. The second-order valence-corrected chi connectivity index (χ2v) is 11.7. The first kappa shape index (κ1) is 27.3. The highest BCUT2D eigenvalue weighted by Crippen LogP contribution is 2.37.